The van der Waals surface area contributed by atoms with Crippen molar-refractivity contribution in [1.29, 1.82) is 0 Å². The first kappa shape index (κ1) is 31.3. The van der Waals surface area contributed by atoms with Crippen LogP contribution in [0.5, 0.6) is 0 Å². The van der Waals surface area contributed by atoms with Crippen molar-refractivity contribution in [2.24, 2.45) is 0 Å². The molecule has 8 N–H and O–H groups in total. The average Bonchev–Trinajstić information content (AvgIpc) is 2.85. The monoisotopic (exact) mass is 570 g/mol. The van der Waals surface area contributed by atoms with Gasteiger partial charge in [0, 0.05) is 19.3 Å². The summed E-state index contributed by atoms with van der Waals surface area (Å²) < 4.78 is 39.9. The van der Waals surface area contributed by atoms with Gasteiger partial charge in [-0.1, -0.05) is 0 Å². The minimum absolute atomic E-state index is 0.00775. The van der Waals surface area contributed by atoms with E-state index in [-0.39, 0.29) is 19.3 Å². The van der Waals surface area contributed by atoms with Crippen molar-refractivity contribution in [3.8, 4) is 0 Å². The Balaban J connectivity index is 1.29. The quantitative estimate of drug-likeness (QED) is 0.148. The van der Waals surface area contributed by atoms with Crippen LogP contribution in [0.2, 0.25) is 0 Å². The molecule has 0 aromatic carbocycles. The third-order valence-electron chi connectivity index (χ3n) is 7.70. The highest BCUT2D eigenvalue weighted by molar-refractivity contribution is 4.92. The lowest BCUT2D eigenvalue weighted by atomic mass is 9.98. The maximum absolute atomic E-state index is 10.8. The molecule has 4 fully saturated rings. The van der Waals surface area contributed by atoms with E-state index in [2.05, 4.69) is 0 Å². The minimum atomic E-state index is -1.63. The molecule has 17 atom stereocenters. The second-order valence-electron chi connectivity index (χ2n) is 10.7. The Morgan fingerprint density at radius 2 is 1.03 bits per heavy atom. The maximum atomic E-state index is 10.8. The molecule has 39 heavy (non-hydrogen) atoms. The largest absolute Gasteiger partial charge is 0.394 e. The Labute approximate surface area is 225 Å². The van der Waals surface area contributed by atoms with Gasteiger partial charge in [0.15, 0.2) is 25.2 Å². The molecule has 0 aliphatic carbocycles. The summed E-state index contributed by atoms with van der Waals surface area (Å²) in [4.78, 5) is 0. The number of aliphatic hydroxyl groups is 8. The molecule has 0 aromatic rings. The molecule has 4 aliphatic heterocycles. The van der Waals surface area contributed by atoms with E-state index in [1.54, 1.807) is 20.8 Å². The zero-order chi connectivity index (χ0) is 28.6. The van der Waals surface area contributed by atoms with Crippen LogP contribution < -0.4 is 0 Å². The molecule has 4 rings (SSSR count). The fraction of sp³-hybridized carbons (Fsp3) is 1.00. The second kappa shape index (κ2) is 13.1. The predicted molar refractivity (Wildman–Crippen MR) is 125 cm³/mol. The summed E-state index contributed by atoms with van der Waals surface area (Å²) in [5, 5.41) is 81.0. The molecule has 0 bridgehead atoms. The summed E-state index contributed by atoms with van der Waals surface area (Å²) in [7, 11) is 0. The molecule has 4 heterocycles. The van der Waals surface area contributed by atoms with Crippen LogP contribution in [-0.2, 0) is 33.2 Å². The van der Waals surface area contributed by atoms with E-state index in [0.717, 1.165) is 0 Å². The zero-order valence-corrected chi connectivity index (χ0v) is 22.1. The molecule has 4 aliphatic rings. The molecule has 0 radical (unpaired) electrons. The Bertz CT molecular complexity index is 738. The fourth-order valence-corrected chi connectivity index (χ4v) is 5.53. The minimum Gasteiger partial charge on any atom is -0.394 e. The summed E-state index contributed by atoms with van der Waals surface area (Å²) in [6, 6.07) is 0. The lowest BCUT2D eigenvalue weighted by molar-refractivity contribution is -0.354. The highest BCUT2D eigenvalue weighted by Crippen LogP contribution is 2.33. The van der Waals surface area contributed by atoms with Crippen LogP contribution in [0.15, 0.2) is 0 Å². The molecule has 4 saturated heterocycles. The third kappa shape index (κ3) is 7.07. The van der Waals surface area contributed by atoms with Crippen LogP contribution in [-0.4, -0.2) is 152 Å². The molecule has 0 saturated carbocycles. The van der Waals surface area contributed by atoms with Crippen LogP contribution in [0, 0.1) is 0 Å². The predicted octanol–water partition coefficient (Wildman–Crippen LogP) is -3.58. The Morgan fingerprint density at radius 1 is 0.564 bits per heavy atom. The van der Waals surface area contributed by atoms with Gasteiger partial charge < -0.3 is 74.0 Å². The standard InChI is InChI=1S/C24H42O15/c1-8-21(11(26)4-15(29)33-8)37-16-5-12(27)22(9(2)34-16)38-17-6-13(28)23(10(3)35-17)39-24-20(32)19(31)18(30)14(7-25)36-24/h8-32H,4-7H2,1-3H3/t8-,9-,10-,11+,12+,13+,14-,15-,16+,17+,18-,19+,20-,21-,22-,23-,24+/m1/s1. The van der Waals surface area contributed by atoms with Gasteiger partial charge in [0.25, 0.3) is 0 Å². The van der Waals surface area contributed by atoms with Crippen molar-refractivity contribution >= 4 is 0 Å². The Kier molecular flexibility index (Phi) is 10.6. The van der Waals surface area contributed by atoms with Gasteiger partial charge in [0.05, 0.1) is 43.2 Å². The first-order chi connectivity index (χ1) is 18.4. The average molecular weight is 571 g/mol. The molecular formula is C24H42O15. The molecule has 0 amide bonds. The van der Waals surface area contributed by atoms with E-state index < -0.39 is 111 Å². The molecular weight excluding hydrogens is 528 g/mol. The highest BCUT2D eigenvalue weighted by atomic mass is 16.7. The molecule has 15 nitrogen and oxygen atoms in total. The summed E-state index contributed by atoms with van der Waals surface area (Å²) in [6.45, 7) is 4.32. The van der Waals surface area contributed by atoms with Crippen molar-refractivity contribution in [2.45, 2.75) is 145 Å². The van der Waals surface area contributed by atoms with Crippen LogP contribution in [0.1, 0.15) is 40.0 Å². The molecule has 228 valence electrons. The van der Waals surface area contributed by atoms with Gasteiger partial charge in [-0.15, -0.1) is 0 Å². The smallest absolute Gasteiger partial charge is 0.187 e. The number of ether oxygens (including phenoxy) is 7. The van der Waals surface area contributed by atoms with Crippen molar-refractivity contribution in [2.75, 3.05) is 6.61 Å². The van der Waals surface area contributed by atoms with Gasteiger partial charge in [-0.3, -0.25) is 0 Å². The molecule has 0 unspecified atom stereocenters. The van der Waals surface area contributed by atoms with Gasteiger partial charge in [0.2, 0.25) is 0 Å². The van der Waals surface area contributed by atoms with Crippen LogP contribution in [0.3, 0.4) is 0 Å². The number of hydrogen-bond donors (Lipinski definition) is 8. The summed E-state index contributed by atoms with van der Waals surface area (Å²) in [5.74, 6) is 0. The van der Waals surface area contributed by atoms with Crippen molar-refractivity contribution in [1.82, 2.24) is 0 Å². The third-order valence-corrected chi connectivity index (χ3v) is 7.70. The van der Waals surface area contributed by atoms with E-state index >= 15 is 0 Å². The Hall–Kier alpha value is -0.600. The number of hydrogen-bond acceptors (Lipinski definition) is 15. The molecule has 15 heteroatoms. The SMILES string of the molecule is C[C@H]1O[C@@H](O[C@H]2[C@@H](O)C[C@H](O)O[C@@H]2C)C[C@H](O)[C@@H]1O[C@H]1C[C@H](O)[C@H](O[C@@H]2O[C@H](CO)[C@@H](O)[C@H](O)[C@H]2O)[C@@H](C)O1. The van der Waals surface area contributed by atoms with E-state index in [4.69, 9.17) is 33.2 Å². The van der Waals surface area contributed by atoms with Crippen LogP contribution in [0.25, 0.3) is 0 Å². The Morgan fingerprint density at radius 3 is 1.49 bits per heavy atom. The number of rotatable bonds is 7. The van der Waals surface area contributed by atoms with E-state index in [0.29, 0.717) is 0 Å². The first-order valence-electron chi connectivity index (χ1n) is 13.3. The van der Waals surface area contributed by atoms with Gasteiger partial charge in [-0.2, -0.15) is 0 Å². The van der Waals surface area contributed by atoms with Gasteiger partial charge in [-0.05, 0) is 20.8 Å². The first-order valence-corrected chi connectivity index (χ1v) is 13.3. The molecule has 0 spiro atoms. The van der Waals surface area contributed by atoms with Crippen LogP contribution >= 0.6 is 0 Å². The highest BCUT2D eigenvalue weighted by Gasteiger charge is 2.49. The second-order valence-corrected chi connectivity index (χ2v) is 10.7. The van der Waals surface area contributed by atoms with E-state index in [1.807, 2.05) is 0 Å². The van der Waals surface area contributed by atoms with E-state index in [9.17, 15) is 40.9 Å². The van der Waals surface area contributed by atoms with Crippen molar-refractivity contribution in [3.63, 3.8) is 0 Å². The number of aliphatic hydroxyl groups excluding tert-OH is 8. The zero-order valence-electron chi connectivity index (χ0n) is 22.1. The van der Waals surface area contributed by atoms with E-state index in [1.165, 1.54) is 0 Å². The maximum Gasteiger partial charge on any atom is 0.187 e. The fourth-order valence-electron chi connectivity index (χ4n) is 5.53. The van der Waals surface area contributed by atoms with Crippen molar-refractivity contribution in [3.05, 3.63) is 0 Å². The lowest BCUT2D eigenvalue weighted by Gasteiger charge is -2.46. The topological polar surface area (TPSA) is 226 Å². The summed E-state index contributed by atoms with van der Waals surface area (Å²) in [6.07, 6.45) is -18.1. The van der Waals surface area contributed by atoms with Gasteiger partial charge in [-0.25, -0.2) is 0 Å². The van der Waals surface area contributed by atoms with Gasteiger partial charge in [0.1, 0.15) is 42.7 Å². The lowest BCUT2D eigenvalue weighted by Crippen LogP contribution is -2.62. The molecule has 0 aromatic heterocycles. The van der Waals surface area contributed by atoms with Gasteiger partial charge >= 0.3 is 0 Å². The summed E-state index contributed by atoms with van der Waals surface area (Å²) >= 11 is 0. The van der Waals surface area contributed by atoms with Crippen molar-refractivity contribution < 1.29 is 74.0 Å². The van der Waals surface area contributed by atoms with Crippen LogP contribution in [0.4, 0.5) is 0 Å². The summed E-state index contributed by atoms with van der Waals surface area (Å²) in [5.41, 5.74) is 0. The normalized spacial score (nSPS) is 53.5.